The maximum atomic E-state index is 12.2. The van der Waals surface area contributed by atoms with E-state index in [1.54, 1.807) is 24.3 Å². The molecule has 0 aliphatic heterocycles. The van der Waals surface area contributed by atoms with Gasteiger partial charge in [0.25, 0.3) is 0 Å². The lowest BCUT2D eigenvalue weighted by molar-refractivity contribution is -0.127. The number of hydrogen-bond acceptors (Lipinski definition) is 3. The fourth-order valence-electron chi connectivity index (χ4n) is 2.55. The maximum absolute atomic E-state index is 12.2. The summed E-state index contributed by atoms with van der Waals surface area (Å²) in [5.74, 6) is -0.542. The van der Waals surface area contributed by atoms with Gasteiger partial charge in [0.15, 0.2) is 0 Å². The number of primary amides is 1. The van der Waals surface area contributed by atoms with Crippen LogP contribution in [0.25, 0.3) is 0 Å². The van der Waals surface area contributed by atoms with E-state index in [4.69, 9.17) is 11.5 Å². The Morgan fingerprint density at radius 2 is 1.70 bits per heavy atom. The van der Waals surface area contributed by atoms with Gasteiger partial charge in [-0.2, -0.15) is 0 Å². The van der Waals surface area contributed by atoms with E-state index < -0.39 is 11.4 Å². The Kier molecular flexibility index (Phi) is 4.39. The minimum Gasteiger partial charge on any atom is -0.366 e. The quantitative estimate of drug-likeness (QED) is 0.766. The van der Waals surface area contributed by atoms with Crippen LogP contribution in [0, 0.1) is 0 Å². The minimum atomic E-state index is -0.717. The first-order valence-corrected chi connectivity index (χ1v) is 6.97. The Morgan fingerprint density at radius 3 is 2.25 bits per heavy atom. The summed E-state index contributed by atoms with van der Waals surface area (Å²) in [6.45, 7) is 0.414. The predicted octanol–water partition coefficient (Wildman–Crippen LogP) is 1.06. The molecule has 1 aromatic rings. The zero-order valence-electron chi connectivity index (χ0n) is 11.5. The van der Waals surface area contributed by atoms with E-state index >= 15 is 0 Å². The van der Waals surface area contributed by atoms with Crippen molar-refractivity contribution in [1.82, 2.24) is 5.32 Å². The van der Waals surface area contributed by atoms with Crippen LogP contribution in [-0.2, 0) is 11.3 Å². The summed E-state index contributed by atoms with van der Waals surface area (Å²) in [5.41, 5.74) is 12.0. The molecule has 0 spiro atoms. The first kappa shape index (κ1) is 14.5. The summed E-state index contributed by atoms with van der Waals surface area (Å²) in [6.07, 6.45) is 4.67. The normalized spacial score (nSPS) is 17.4. The summed E-state index contributed by atoms with van der Waals surface area (Å²) >= 11 is 0. The van der Waals surface area contributed by atoms with Gasteiger partial charge in [-0.1, -0.05) is 31.4 Å². The van der Waals surface area contributed by atoms with Crippen molar-refractivity contribution >= 4 is 11.8 Å². The van der Waals surface area contributed by atoms with Crippen LogP contribution < -0.4 is 16.8 Å². The third-order valence-corrected chi connectivity index (χ3v) is 3.89. The van der Waals surface area contributed by atoms with E-state index in [1.165, 1.54) is 0 Å². The predicted molar refractivity (Wildman–Crippen MR) is 76.8 cm³/mol. The summed E-state index contributed by atoms with van der Waals surface area (Å²) in [6, 6.07) is 6.88. The molecule has 0 atom stereocenters. The Hall–Kier alpha value is -1.88. The molecule has 5 heteroatoms. The fourth-order valence-corrected chi connectivity index (χ4v) is 2.55. The van der Waals surface area contributed by atoms with E-state index in [0.29, 0.717) is 12.1 Å². The molecule has 1 aromatic carbocycles. The first-order valence-electron chi connectivity index (χ1n) is 6.97. The summed E-state index contributed by atoms with van der Waals surface area (Å²) < 4.78 is 0. The van der Waals surface area contributed by atoms with E-state index in [2.05, 4.69) is 5.32 Å². The number of carbonyl (C=O) groups is 2. The Labute approximate surface area is 118 Å². The maximum Gasteiger partial charge on any atom is 0.248 e. The summed E-state index contributed by atoms with van der Waals surface area (Å²) in [5, 5.41) is 2.88. The van der Waals surface area contributed by atoms with Crippen LogP contribution >= 0.6 is 0 Å². The van der Waals surface area contributed by atoms with Crippen molar-refractivity contribution in [1.29, 1.82) is 0 Å². The molecule has 0 saturated heterocycles. The van der Waals surface area contributed by atoms with Crippen LogP contribution in [0.2, 0.25) is 0 Å². The number of amides is 2. The van der Waals surface area contributed by atoms with Crippen molar-refractivity contribution in [2.24, 2.45) is 11.5 Å². The van der Waals surface area contributed by atoms with Crippen molar-refractivity contribution in [3.8, 4) is 0 Å². The molecule has 0 bridgehead atoms. The lowest BCUT2D eigenvalue weighted by atomic mass is 9.82. The Morgan fingerprint density at radius 1 is 1.10 bits per heavy atom. The van der Waals surface area contributed by atoms with Crippen molar-refractivity contribution in [3.05, 3.63) is 35.4 Å². The van der Waals surface area contributed by atoms with Crippen LogP contribution in [0.4, 0.5) is 0 Å². The molecule has 1 saturated carbocycles. The van der Waals surface area contributed by atoms with Gasteiger partial charge in [0.1, 0.15) is 0 Å². The minimum absolute atomic E-state index is 0.0869. The van der Waals surface area contributed by atoms with Gasteiger partial charge in [0.05, 0.1) is 5.54 Å². The molecule has 1 aliphatic carbocycles. The number of hydrogen-bond donors (Lipinski definition) is 3. The largest absolute Gasteiger partial charge is 0.366 e. The van der Waals surface area contributed by atoms with Crippen molar-refractivity contribution < 1.29 is 9.59 Å². The monoisotopic (exact) mass is 275 g/mol. The lowest BCUT2D eigenvalue weighted by Gasteiger charge is -2.31. The molecule has 20 heavy (non-hydrogen) atoms. The number of nitrogens with one attached hydrogen (secondary N) is 1. The highest BCUT2D eigenvalue weighted by Gasteiger charge is 2.34. The second kappa shape index (κ2) is 6.05. The first-order chi connectivity index (χ1) is 9.51. The zero-order valence-corrected chi connectivity index (χ0v) is 11.5. The van der Waals surface area contributed by atoms with Crippen LogP contribution in [-0.4, -0.2) is 17.4 Å². The zero-order chi connectivity index (χ0) is 14.6. The van der Waals surface area contributed by atoms with Crippen molar-refractivity contribution in [3.63, 3.8) is 0 Å². The molecule has 1 aliphatic rings. The molecule has 1 fully saturated rings. The summed E-state index contributed by atoms with van der Waals surface area (Å²) in [4.78, 5) is 23.1. The standard InChI is InChI=1S/C15H21N3O2/c16-13(19)12-6-4-11(5-7-12)10-18-14(20)15(17)8-2-1-3-9-15/h4-7H,1-3,8-10,17H2,(H2,16,19)(H,18,20). The van der Waals surface area contributed by atoms with Crippen molar-refractivity contribution in [2.45, 2.75) is 44.2 Å². The van der Waals surface area contributed by atoms with Gasteiger partial charge in [-0.15, -0.1) is 0 Å². The van der Waals surface area contributed by atoms with E-state index in [0.717, 1.165) is 37.7 Å². The number of nitrogens with two attached hydrogens (primary N) is 2. The van der Waals surface area contributed by atoms with E-state index in [9.17, 15) is 9.59 Å². The highest BCUT2D eigenvalue weighted by atomic mass is 16.2. The molecule has 5 N–H and O–H groups in total. The SMILES string of the molecule is NC(=O)c1ccc(CNC(=O)C2(N)CCCCC2)cc1. The highest BCUT2D eigenvalue weighted by Crippen LogP contribution is 2.26. The van der Waals surface area contributed by atoms with Crippen molar-refractivity contribution in [2.75, 3.05) is 0 Å². The van der Waals surface area contributed by atoms with Gasteiger partial charge in [-0.3, -0.25) is 9.59 Å². The molecule has 0 heterocycles. The third kappa shape index (κ3) is 3.36. The second-order valence-electron chi connectivity index (χ2n) is 5.46. The topological polar surface area (TPSA) is 98.2 Å². The molecular formula is C15H21N3O2. The van der Waals surface area contributed by atoms with Gasteiger partial charge in [0, 0.05) is 12.1 Å². The van der Waals surface area contributed by atoms with Gasteiger partial charge < -0.3 is 16.8 Å². The molecule has 0 aromatic heterocycles. The molecular weight excluding hydrogens is 254 g/mol. The average molecular weight is 275 g/mol. The van der Waals surface area contributed by atoms with Crippen LogP contribution in [0.1, 0.15) is 48.0 Å². The van der Waals surface area contributed by atoms with Gasteiger partial charge >= 0.3 is 0 Å². The third-order valence-electron chi connectivity index (χ3n) is 3.89. The van der Waals surface area contributed by atoms with Gasteiger partial charge in [-0.05, 0) is 30.5 Å². The van der Waals surface area contributed by atoms with Crippen LogP contribution in [0.5, 0.6) is 0 Å². The fraction of sp³-hybridized carbons (Fsp3) is 0.467. The highest BCUT2D eigenvalue weighted by molar-refractivity contribution is 5.92. The van der Waals surface area contributed by atoms with E-state index in [-0.39, 0.29) is 5.91 Å². The molecule has 5 nitrogen and oxygen atoms in total. The average Bonchev–Trinajstić information content (AvgIpc) is 2.46. The Balaban J connectivity index is 1.91. The lowest BCUT2D eigenvalue weighted by Crippen LogP contribution is -2.54. The number of benzene rings is 1. The Bertz CT molecular complexity index is 490. The van der Waals surface area contributed by atoms with Gasteiger partial charge in [0.2, 0.25) is 11.8 Å². The second-order valence-corrected chi connectivity index (χ2v) is 5.46. The summed E-state index contributed by atoms with van der Waals surface area (Å²) in [7, 11) is 0. The molecule has 0 radical (unpaired) electrons. The number of carbonyl (C=O) groups excluding carboxylic acids is 2. The molecule has 2 amide bonds. The van der Waals surface area contributed by atoms with Crippen LogP contribution in [0.15, 0.2) is 24.3 Å². The molecule has 108 valence electrons. The van der Waals surface area contributed by atoms with Crippen LogP contribution in [0.3, 0.4) is 0 Å². The molecule has 0 unspecified atom stereocenters. The molecule has 2 rings (SSSR count). The van der Waals surface area contributed by atoms with Gasteiger partial charge in [-0.25, -0.2) is 0 Å². The number of rotatable bonds is 4. The smallest absolute Gasteiger partial charge is 0.248 e. The van der Waals surface area contributed by atoms with E-state index in [1.807, 2.05) is 0 Å².